The van der Waals surface area contributed by atoms with Crippen LogP contribution in [0.25, 0.3) is 11.0 Å². The number of fused-ring (bicyclic) bond motifs is 8. The van der Waals surface area contributed by atoms with E-state index in [1.165, 1.54) is 44.6 Å². The molecule has 5 aliphatic heterocycles. The number of carbonyl (C=O) groups excluding carboxylic acids is 4. The van der Waals surface area contributed by atoms with Gasteiger partial charge in [0.15, 0.2) is 27.9 Å². The van der Waals surface area contributed by atoms with Gasteiger partial charge in [0.05, 0.1) is 80.1 Å². The summed E-state index contributed by atoms with van der Waals surface area (Å²) in [4.78, 5) is 69.0. The largest absolute Gasteiger partial charge is 0.453 e. The number of methoxy groups -OCH3 is 2. The molecular formula is C53H74Cl2IN7O14S. The van der Waals surface area contributed by atoms with E-state index in [0.717, 1.165) is 0 Å². The lowest BCUT2D eigenvalue weighted by Gasteiger charge is -2.52. The number of alkyl halides is 1. The number of amides is 1. The van der Waals surface area contributed by atoms with E-state index in [9.17, 15) is 24.6 Å². The molecule has 8 rings (SSSR count). The summed E-state index contributed by atoms with van der Waals surface area (Å²) >= 11 is 16.0. The van der Waals surface area contributed by atoms with Crippen molar-refractivity contribution in [2.24, 2.45) is 29.6 Å². The molecule has 6 bridgehead atoms. The van der Waals surface area contributed by atoms with Crippen LogP contribution in [0, 0.1) is 29.6 Å². The van der Waals surface area contributed by atoms with Gasteiger partial charge >= 0.3 is 11.9 Å². The Kier molecular flexibility index (Phi) is 19.1. The molecule has 3 aromatic rings. The number of aliphatic hydroxyl groups excluding tert-OH is 2. The maximum Gasteiger partial charge on any atom is 0.320 e. The number of Topliss-reactive ketones (excluding diaryl/α,β-unsaturated/α-hetero) is 1. The Hall–Kier alpha value is -3.05. The first-order chi connectivity index (χ1) is 36.8. The average molecular weight is 1260 g/mol. The standard InChI is InChI=1S/C53H74Cl2IN7O14S/c1-13-63-45-29(21-60-63)37(30(20-59-45)46(67)61-38-31(54)22-57-23-32(38)55)58-14-15-78-42-36-25(3)39(64)24(2)18-52(7,71-12)44-26(4)41(27(5)47(68)76-50(56)53(36,8)77-48(42)69)74-35-19-51(6,70-11)43(66)34(73-35)17-28-16-33(62(9)10)40(65)49(72-28)75-44/h20-28,33-36,40-44,49-50,65-66H,13-19H2,1-12H3,(H,58,59)(H,57,61,67)/t24-,25-,26+,27-,28+,33+,34+,35+,36+,40-,41+,42+,43+,44-,49+,50+,51-,52-,53+/m1/s1. The van der Waals surface area contributed by atoms with Crippen molar-refractivity contribution in [2.45, 2.75) is 169 Å². The average Bonchev–Trinajstić information content (AvgIpc) is 4.08. The second-order valence-electron chi connectivity index (χ2n) is 22.3. The molecule has 0 aromatic carbocycles. The van der Waals surface area contributed by atoms with Crippen LogP contribution in [0.2, 0.25) is 10.0 Å². The SMILES string of the molecule is CCn1ncc2c(NCCS[C@@H]3C(=O)O[C@@]4(C)[C@H]3[C@@H](C)C(=O)[C@H](C)C[C@@](C)(OC)[C@@H]3O[C@@H]5O[C@H](C[C@@H]6O[C@H](C[C@@](C)(OC)[C@H]6O)O[C@@H]([C@@H]3C)[C@@H](C)C(=O)O[C@@H]4I)C[C@H](N(C)C)[C@H]5O)c(C(=O)Nc3c(Cl)cncc3Cl)cnc21. The van der Waals surface area contributed by atoms with Crippen LogP contribution in [-0.2, 0) is 58.8 Å². The smallest absolute Gasteiger partial charge is 0.320 e. The molecule has 0 radical (unpaired) electrons. The van der Waals surface area contributed by atoms with E-state index in [1.54, 1.807) is 38.6 Å². The number of nitrogens with one attached hydrogen (secondary N) is 2. The van der Waals surface area contributed by atoms with Gasteiger partial charge in [-0.15, -0.1) is 11.8 Å². The van der Waals surface area contributed by atoms with Gasteiger partial charge < -0.3 is 63.6 Å². The highest BCUT2D eigenvalue weighted by atomic mass is 127. The first kappa shape index (κ1) is 61.0. The summed E-state index contributed by atoms with van der Waals surface area (Å²) in [5, 5.41) is 34.4. The molecule has 0 aliphatic carbocycles. The number of nitrogens with zero attached hydrogens (tertiary/aromatic N) is 5. The molecule has 78 heavy (non-hydrogen) atoms. The summed E-state index contributed by atoms with van der Waals surface area (Å²) in [6.07, 6.45) is -1.31. The number of anilines is 2. The van der Waals surface area contributed by atoms with Crippen LogP contribution in [0.1, 0.15) is 91.4 Å². The highest BCUT2D eigenvalue weighted by molar-refractivity contribution is 14.1. The number of ether oxygens (including phenoxy) is 8. The quantitative estimate of drug-likeness (QED) is 0.0688. The number of pyridine rings is 2. The molecule has 432 valence electrons. The third-order valence-corrected chi connectivity index (χ3v) is 20.3. The fourth-order valence-corrected chi connectivity index (χ4v) is 14.9. The molecule has 0 saturated carbocycles. The van der Waals surface area contributed by atoms with Gasteiger partial charge in [0.25, 0.3) is 5.91 Å². The number of thioether (sulfide) groups is 1. The zero-order chi connectivity index (χ0) is 56.9. The van der Waals surface area contributed by atoms with Crippen molar-refractivity contribution in [3.8, 4) is 0 Å². The number of ketones is 1. The van der Waals surface area contributed by atoms with E-state index in [4.69, 9.17) is 61.1 Å². The number of cyclic esters (lactones) is 1. The fraction of sp³-hybridized carbons (Fsp3) is 0.717. The lowest BCUT2D eigenvalue weighted by atomic mass is 9.72. The molecule has 25 heteroatoms. The summed E-state index contributed by atoms with van der Waals surface area (Å²) in [5.41, 5.74) is -2.62. The number of aromatic nitrogens is 4. The summed E-state index contributed by atoms with van der Waals surface area (Å²) < 4.78 is 53.0. The Morgan fingerprint density at radius 3 is 2.27 bits per heavy atom. The third-order valence-electron chi connectivity index (χ3n) is 16.9. The molecule has 0 spiro atoms. The van der Waals surface area contributed by atoms with Crippen LogP contribution in [0.5, 0.6) is 0 Å². The van der Waals surface area contributed by atoms with Gasteiger partial charge in [-0.2, -0.15) is 5.10 Å². The third kappa shape index (κ3) is 11.8. The first-order valence-corrected chi connectivity index (χ1v) is 29.5. The number of halogens is 3. The van der Waals surface area contributed by atoms with Crippen LogP contribution in [0.4, 0.5) is 11.4 Å². The normalized spacial score (nSPS) is 38.8. The molecule has 1 amide bonds. The van der Waals surface area contributed by atoms with Gasteiger partial charge in [-0.3, -0.25) is 24.2 Å². The molecule has 5 aliphatic rings. The van der Waals surface area contributed by atoms with Gasteiger partial charge in [-0.05, 0) is 84.1 Å². The second kappa shape index (κ2) is 24.4. The molecule has 0 unspecified atom stereocenters. The van der Waals surface area contributed by atoms with Gasteiger partial charge in [-0.25, -0.2) is 9.67 Å². The highest BCUT2D eigenvalue weighted by Gasteiger charge is 2.62. The van der Waals surface area contributed by atoms with Gasteiger partial charge in [-0.1, -0.05) is 44.0 Å². The maximum atomic E-state index is 15.2. The Morgan fingerprint density at radius 1 is 0.923 bits per heavy atom. The molecule has 5 saturated heterocycles. The predicted molar refractivity (Wildman–Crippen MR) is 300 cm³/mol. The highest BCUT2D eigenvalue weighted by Crippen LogP contribution is 2.50. The Labute approximate surface area is 483 Å². The predicted octanol–water partition coefficient (Wildman–Crippen LogP) is 6.54. The number of aryl methyl sites for hydroxylation is 1. The topological polar surface area (TPSA) is 253 Å². The lowest BCUT2D eigenvalue weighted by molar-refractivity contribution is -0.339. The molecule has 5 fully saturated rings. The number of rotatable bonds is 11. The van der Waals surface area contributed by atoms with Crippen molar-refractivity contribution in [3.63, 3.8) is 0 Å². The minimum absolute atomic E-state index is 0.0962. The summed E-state index contributed by atoms with van der Waals surface area (Å²) in [6.45, 7) is 15.1. The zero-order valence-corrected chi connectivity index (χ0v) is 50.6. The second-order valence-corrected chi connectivity index (χ2v) is 25.5. The van der Waals surface area contributed by atoms with E-state index in [2.05, 4.69) is 25.7 Å². The number of hydrogen-bond donors (Lipinski definition) is 4. The molecule has 4 N–H and O–H groups in total. The number of hydrogen-bond acceptors (Lipinski definition) is 20. The van der Waals surface area contributed by atoms with Crippen molar-refractivity contribution in [3.05, 3.63) is 40.4 Å². The van der Waals surface area contributed by atoms with Crippen molar-refractivity contribution >= 4 is 104 Å². The van der Waals surface area contributed by atoms with Gasteiger partial charge in [0.2, 0.25) is 0 Å². The molecule has 8 heterocycles. The Morgan fingerprint density at radius 2 is 1.62 bits per heavy atom. The van der Waals surface area contributed by atoms with Crippen LogP contribution < -0.4 is 10.6 Å². The van der Waals surface area contributed by atoms with E-state index >= 15 is 4.79 Å². The minimum atomic E-state index is -1.51. The van der Waals surface area contributed by atoms with Gasteiger partial charge in [0.1, 0.15) is 23.2 Å². The maximum absolute atomic E-state index is 15.2. The first-order valence-electron chi connectivity index (χ1n) is 26.5. The van der Waals surface area contributed by atoms with E-state index in [-0.39, 0.29) is 58.6 Å². The van der Waals surface area contributed by atoms with Crippen LogP contribution >= 0.6 is 57.6 Å². The zero-order valence-electron chi connectivity index (χ0n) is 46.1. The fourth-order valence-electron chi connectivity index (χ4n) is 12.3. The summed E-state index contributed by atoms with van der Waals surface area (Å²) in [7, 11) is 6.78. The molecule has 3 aromatic heterocycles. The number of esters is 2. The molecular weight excluding hydrogens is 1190 g/mol. The Bertz CT molecular complexity index is 2680. The molecule has 21 nitrogen and oxygen atoms in total. The minimum Gasteiger partial charge on any atom is -0.453 e. The van der Waals surface area contributed by atoms with Crippen LogP contribution in [0.15, 0.2) is 24.8 Å². The lowest BCUT2D eigenvalue weighted by Crippen LogP contribution is -2.63. The number of carbonyl (C=O) groups is 4. The van der Waals surface area contributed by atoms with Crippen molar-refractivity contribution in [1.29, 1.82) is 0 Å². The van der Waals surface area contributed by atoms with Crippen molar-refractivity contribution < 1.29 is 67.3 Å². The van der Waals surface area contributed by atoms with Crippen LogP contribution in [0.3, 0.4) is 0 Å². The van der Waals surface area contributed by atoms with E-state index < -0.39 is 129 Å². The van der Waals surface area contributed by atoms with Crippen molar-refractivity contribution in [2.75, 3.05) is 51.2 Å². The van der Waals surface area contributed by atoms with Crippen molar-refractivity contribution in [1.82, 2.24) is 24.6 Å². The Balaban J connectivity index is 1.12. The number of aliphatic hydroxyl groups is 2. The summed E-state index contributed by atoms with van der Waals surface area (Å²) in [6, 6.07) is -0.431. The monoisotopic (exact) mass is 1260 g/mol. The van der Waals surface area contributed by atoms with E-state index in [0.29, 0.717) is 29.7 Å². The van der Waals surface area contributed by atoms with Crippen LogP contribution in [-0.4, -0.2) is 181 Å². The number of likely N-dealkylation sites (N-methyl/N-ethyl adjacent to an activating group) is 1. The van der Waals surface area contributed by atoms with Gasteiger partial charge in [0, 0.05) is 94.2 Å². The summed E-state index contributed by atoms with van der Waals surface area (Å²) in [5.74, 6) is -5.90. The molecule has 19 atom stereocenters. The van der Waals surface area contributed by atoms with E-state index in [1.807, 2.05) is 69.3 Å².